The highest BCUT2D eigenvalue weighted by atomic mass is 16.6. The average Bonchev–Trinajstić information content (AvgIpc) is 2.76. The zero-order valence-electron chi connectivity index (χ0n) is 19.3. The van der Waals surface area contributed by atoms with Gasteiger partial charge in [-0.05, 0) is 51.0 Å². The molecule has 8 nitrogen and oxygen atoms in total. The van der Waals surface area contributed by atoms with Crippen LogP contribution in [0.25, 0.3) is 0 Å². The molecule has 2 rings (SSSR count). The molecule has 2 aromatic rings. The largest absolute Gasteiger partial charge is 0.459 e. The summed E-state index contributed by atoms with van der Waals surface area (Å²) in [5, 5.41) is 14.3. The zero-order valence-corrected chi connectivity index (χ0v) is 19.3. The Balaban J connectivity index is 2.06. The molecule has 0 unspecified atom stereocenters. The second kappa shape index (κ2) is 11.7. The predicted octanol–water partition coefficient (Wildman–Crippen LogP) is 3.24. The van der Waals surface area contributed by atoms with Gasteiger partial charge in [-0.2, -0.15) is 5.26 Å². The Labute approximate surface area is 193 Å². The molecule has 0 saturated heterocycles. The summed E-state index contributed by atoms with van der Waals surface area (Å²) in [5.74, 6) is -1.18. The lowest BCUT2D eigenvalue weighted by Gasteiger charge is -2.24. The molecule has 0 spiro atoms. The number of nitrogens with zero attached hydrogens (tertiary/aromatic N) is 1. The van der Waals surface area contributed by atoms with Gasteiger partial charge >= 0.3 is 12.1 Å². The molecule has 0 saturated carbocycles. The van der Waals surface area contributed by atoms with E-state index in [-0.39, 0.29) is 13.0 Å². The summed E-state index contributed by atoms with van der Waals surface area (Å²) in [5.41, 5.74) is 1.18. The first-order chi connectivity index (χ1) is 15.6. The molecule has 0 fully saturated rings. The van der Waals surface area contributed by atoms with E-state index in [1.54, 1.807) is 45.0 Å². The number of benzene rings is 2. The lowest BCUT2D eigenvalue weighted by atomic mass is 10.0. The van der Waals surface area contributed by atoms with E-state index in [4.69, 9.17) is 14.7 Å². The number of alkyl carbamates (subject to hydrolysis) is 1. The number of amides is 2. The Morgan fingerprint density at radius 1 is 1.00 bits per heavy atom. The smallest absolute Gasteiger partial charge is 0.408 e. The van der Waals surface area contributed by atoms with Crippen molar-refractivity contribution in [1.82, 2.24) is 10.6 Å². The molecule has 0 bridgehead atoms. The van der Waals surface area contributed by atoms with Gasteiger partial charge in [-0.3, -0.25) is 4.79 Å². The molecule has 0 radical (unpaired) electrons. The standard InChI is InChI=1S/C25H29N3O5/c1-17(23(30)32-16-18-9-6-5-7-10-18)27-22(29)21(28-24(31)33-25(2,3)4)14-19-11-8-12-20(13-19)15-26/h5-13,17,21H,14,16H2,1-4H3,(H,27,29)(H,28,31)/t17-,21-/m0/s1. The van der Waals surface area contributed by atoms with Crippen molar-refractivity contribution in [2.24, 2.45) is 0 Å². The van der Waals surface area contributed by atoms with Crippen molar-refractivity contribution in [3.8, 4) is 6.07 Å². The predicted molar refractivity (Wildman–Crippen MR) is 122 cm³/mol. The summed E-state index contributed by atoms with van der Waals surface area (Å²) in [6, 6.07) is 16.0. The number of nitriles is 1. The van der Waals surface area contributed by atoms with Crippen molar-refractivity contribution >= 4 is 18.0 Å². The lowest BCUT2D eigenvalue weighted by molar-refractivity contribution is -0.148. The molecular weight excluding hydrogens is 422 g/mol. The van der Waals surface area contributed by atoms with E-state index in [2.05, 4.69) is 10.6 Å². The molecule has 2 N–H and O–H groups in total. The fourth-order valence-corrected chi connectivity index (χ4v) is 2.89. The molecule has 2 amide bonds. The number of nitrogens with one attached hydrogen (secondary N) is 2. The van der Waals surface area contributed by atoms with Crippen LogP contribution >= 0.6 is 0 Å². The van der Waals surface area contributed by atoms with Crippen LogP contribution in [-0.2, 0) is 32.1 Å². The highest BCUT2D eigenvalue weighted by Crippen LogP contribution is 2.11. The van der Waals surface area contributed by atoms with E-state index >= 15 is 0 Å². The monoisotopic (exact) mass is 451 g/mol. The van der Waals surface area contributed by atoms with Crippen LogP contribution in [0.4, 0.5) is 4.79 Å². The van der Waals surface area contributed by atoms with Crippen molar-refractivity contribution in [2.75, 3.05) is 0 Å². The highest BCUT2D eigenvalue weighted by Gasteiger charge is 2.27. The number of hydrogen-bond acceptors (Lipinski definition) is 6. The molecule has 0 aliphatic carbocycles. The SMILES string of the molecule is C[C@H](NC(=O)[C@H](Cc1cccc(C#N)c1)NC(=O)OC(C)(C)C)C(=O)OCc1ccccc1. The summed E-state index contributed by atoms with van der Waals surface area (Å²) >= 11 is 0. The second-order valence-electron chi connectivity index (χ2n) is 8.54. The summed E-state index contributed by atoms with van der Waals surface area (Å²) in [4.78, 5) is 37.6. The van der Waals surface area contributed by atoms with Crippen molar-refractivity contribution in [3.63, 3.8) is 0 Å². The van der Waals surface area contributed by atoms with Crippen molar-refractivity contribution < 1.29 is 23.9 Å². The number of ether oxygens (including phenoxy) is 2. The van der Waals surface area contributed by atoms with Gasteiger partial charge in [-0.15, -0.1) is 0 Å². The van der Waals surface area contributed by atoms with Gasteiger partial charge in [-0.1, -0.05) is 42.5 Å². The van der Waals surface area contributed by atoms with E-state index in [1.807, 2.05) is 36.4 Å². The van der Waals surface area contributed by atoms with Gasteiger partial charge in [0.25, 0.3) is 0 Å². The first-order valence-corrected chi connectivity index (χ1v) is 10.6. The normalized spacial score (nSPS) is 12.6. The van der Waals surface area contributed by atoms with Gasteiger partial charge < -0.3 is 20.1 Å². The first kappa shape index (κ1) is 25.4. The van der Waals surface area contributed by atoms with E-state index in [0.717, 1.165) is 5.56 Å². The van der Waals surface area contributed by atoms with Crippen molar-refractivity contribution in [2.45, 2.75) is 58.4 Å². The fraction of sp³-hybridized carbons (Fsp3) is 0.360. The molecule has 0 aliphatic rings. The molecule has 0 aliphatic heterocycles. The number of hydrogen-bond donors (Lipinski definition) is 2. The Hall–Kier alpha value is -3.86. The third kappa shape index (κ3) is 9.03. The van der Waals surface area contributed by atoms with Crippen LogP contribution in [0.15, 0.2) is 54.6 Å². The Morgan fingerprint density at radius 3 is 2.30 bits per heavy atom. The molecule has 2 aromatic carbocycles. The van der Waals surface area contributed by atoms with Crippen LogP contribution in [0, 0.1) is 11.3 Å². The summed E-state index contributed by atoms with van der Waals surface area (Å²) in [6.07, 6.45) is -0.662. The molecule has 2 atom stereocenters. The van der Waals surface area contributed by atoms with Gasteiger partial charge in [0.2, 0.25) is 5.91 Å². The van der Waals surface area contributed by atoms with Crippen LogP contribution in [0.2, 0.25) is 0 Å². The second-order valence-corrected chi connectivity index (χ2v) is 8.54. The fourth-order valence-electron chi connectivity index (χ4n) is 2.89. The van der Waals surface area contributed by atoms with Gasteiger partial charge in [0.05, 0.1) is 11.6 Å². The van der Waals surface area contributed by atoms with E-state index in [1.165, 1.54) is 6.92 Å². The quantitative estimate of drug-likeness (QED) is 0.595. The summed E-state index contributed by atoms with van der Waals surface area (Å²) in [6.45, 7) is 6.72. The summed E-state index contributed by atoms with van der Waals surface area (Å²) in [7, 11) is 0. The lowest BCUT2D eigenvalue weighted by Crippen LogP contribution is -2.52. The molecule has 8 heteroatoms. The number of carbonyl (C=O) groups is 3. The third-order valence-electron chi connectivity index (χ3n) is 4.44. The molecule has 33 heavy (non-hydrogen) atoms. The van der Waals surface area contributed by atoms with E-state index in [0.29, 0.717) is 11.1 Å². The van der Waals surface area contributed by atoms with Crippen LogP contribution in [-0.4, -0.2) is 35.7 Å². The minimum atomic E-state index is -1.03. The number of carbonyl (C=O) groups excluding carboxylic acids is 3. The molecular formula is C25H29N3O5. The van der Waals surface area contributed by atoms with Gasteiger partial charge in [0.15, 0.2) is 0 Å². The Kier molecular flexibility index (Phi) is 8.98. The van der Waals surface area contributed by atoms with Gasteiger partial charge in [0.1, 0.15) is 24.3 Å². The maximum atomic E-state index is 12.9. The van der Waals surface area contributed by atoms with Crippen molar-refractivity contribution in [1.29, 1.82) is 5.26 Å². The number of rotatable bonds is 8. The maximum absolute atomic E-state index is 12.9. The average molecular weight is 452 g/mol. The topological polar surface area (TPSA) is 118 Å². The van der Waals surface area contributed by atoms with Gasteiger partial charge in [0, 0.05) is 6.42 Å². The maximum Gasteiger partial charge on any atom is 0.408 e. The molecule has 0 heterocycles. The zero-order chi connectivity index (χ0) is 24.4. The summed E-state index contributed by atoms with van der Waals surface area (Å²) < 4.78 is 10.5. The van der Waals surface area contributed by atoms with Crippen LogP contribution in [0.3, 0.4) is 0 Å². The minimum absolute atomic E-state index is 0.0838. The minimum Gasteiger partial charge on any atom is -0.459 e. The van der Waals surface area contributed by atoms with Crippen LogP contribution < -0.4 is 10.6 Å². The first-order valence-electron chi connectivity index (χ1n) is 10.6. The van der Waals surface area contributed by atoms with Crippen LogP contribution in [0.1, 0.15) is 44.4 Å². The number of esters is 1. The van der Waals surface area contributed by atoms with E-state index < -0.39 is 35.7 Å². The third-order valence-corrected chi connectivity index (χ3v) is 4.44. The highest BCUT2D eigenvalue weighted by molar-refractivity contribution is 5.89. The van der Waals surface area contributed by atoms with E-state index in [9.17, 15) is 14.4 Å². The Morgan fingerprint density at radius 2 is 1.67 bits per heavy atom. The van der Waals surface area contributed by atoms with Crippen LogP contribution in [0.5, 0.6) is 0 Å². The van der Waals surface area contributed by atoms with Crippen molar-refractivity contribution in [3.05, 3.63) is 71.3 Å². The van der Waals surface area contributed by atoms with Gasteiger partial charge in [-0.25, -0.2) is 9.59 Å². The molecule has 174 valence electrons. The Bertz CT molecular complexity index is 1010. The molecule has 0 aromatic heterocycles.